The van der Waals surface area contributed by atoms with Crippen LogP contribution in [-0.4, -0.2) is 40.2 Å². The van der Waals surface area contributed by atoms with Gasteiger partial charge in [-0.25, -0.2) is 4.39 Å². The maximum absolute atomic E-state index is 13.6. The lowest BCUT2D eigenvalue weighted by Gasteiger charge is -2.32. The van der Waals surface area contributed by atoms with Crippen molar-refractivity contribution in [1.82, 2.24) is 20.0 Å². The average molecular weight is 344 g/mol. The Morgan fingerprint density at radius 3 is 2.96 bits per heavy atom. The van der Waals surface area contributed by atoms with Crippen LogP contribution in [0.5, 0.6) is 0 Å². The fourth-order valence-electron chi connectivity index (χ4n) is 3.23. The largest absolute Gasteiger partial charge is 0.351 e. The normalized spacial score (nSPS) is 18.3. The number of amides is 1. The summed E-state index contributed by atoms with van der Waals surface area (Å²) >= 11 is 0. The highest BCUT2D eigenvalue weighted by molar-refractivity contribution is 5.78. The van der Waals surface area contributed by atoms with E-state index in [2.05, 4.69) is 21.5 Å². The Hall–Kier alpha value is -2.21. The van der Waals surface area contributed by atoms with Gasteiger partial charge >= 0.3 is 0 Å². The molecule has 6 heteroatoms. The zero-order chi connectivity index (χ0) is 17.8. The molecule has 1 saturated heterocycles. The minimum atomic E-state index is -0.236. The van der Waals surface area contributed by atoms with Crippen LogP contribution in [0.4, 0.5) is 4.39 Å². The lowest BCUT2D eigenvalue weighted by atomic mass is 10.1. The van der Waals surface area contributed by atoms with Crippen molar-refractivity contribution in [1.29, 1.82) is 0 Å². The van der Waals surface area contributed by atoms with Crippen LogP contribution in [0.3, 0.4) is 0 Å². The Morgan fingerprint density at radius 2 is 2.24 bits per heavy atom. The quantitative estimate of drug-likeness (QED) is 0.907. The summed E-state index contributed by atoms with van der Waals surface area (Å²) in [4.78, 5) is 14.4. The molecular formula is C19H25FN4O. The number of nitrogens with zero attached hydrogens (tertiary/aromatic N) is 3. The molecule has 1 atom stereocenters. The fourth-order valence-corrected chi connectivity index (χ4v) is 3.23. The number of carbonyl (C=O) groups is 1. The number of nitrogens with one attached hydrogen (secondary N) is 1. The van der Waals surface area contributed by atoms with E-state index < -0.39 is 0 Å². The van der Waals surface area contributed by atoms with Crippen LogP contribution in [0, 0.1) is 19.7 Å². The highest BCUT2D eigenvalue weighted by Gasteiger charge is 2.23. The van der Waals surface area contributed by atoms with Crippen LogP contribution in [0.2, 0.25) is 0 Å². The van der Waals surface area contributed by atoms with Crippen LogP contribution < -0.4 is 5.32 Å². The van der Waals surface area contributed by atoms with Gasteiger partial charge in [0.05, 0.1) is 18.8 Å². The van der Waals surface area contributed by atoms with E-state index in [9.17, 15) is 9.18 Å². The molecule has 5 nitrogen and oxygen atoms in total. The summed E-state index contributed by atoms with van der Waals surface area (Å²) in [5, 5.41) is 7.28. The zero-order valence-electron chi connectivity index (χ0n) is 14.8. The van der Waals surface area contributed by atoms with Gasteiger partial charge in [0.25, 0.3) is 0 Å². The Morgan fingerprint density at radius 1 is 1.40 bits per heavy atom. The van der Waals surface area contributed by atoms with Crippen molar-refractivity contribution in [2.45, 2.75) is 39.3 Å². The number of aryl methyl sites for hydroxylation is 2. The monoisotopic (exact) mass is 344 g/mol. The molecule has 2 aromatic rings. The van der Waals surface area contributed by atoms with E-state index in [1.807, 2.05) is 23.9 Å². The maximum Gasteiger partial charge on any atom is 0.234 e. The Bertz CT molecular complexity index is 743. The molecule has 0 spiro atoms. The van der Waals surface area contributed by atoms with E-state index in [-0.39, 0.29) is 11.7 Å². The molecule has 0 saturated carbocycles. The molecule has 2 heterocycles. The molecule has 3 rings (SSSR count). The second-order valence-corrected chi connectivity index (χ2v) is 6.89. The van der Waals surface area contributed by atoms with Crippen LogP contribution >= 0.6 is 0 Å². The van der Waals surface area contributed by atoms with Crippen LogP contribution in [-0.2, 0) is 11.3 Å². The molecule has 0 aliphatic carbocycles. The first-order chi connectivity index (χ1) is 12.0. The number of benzene rings is 1. The highest BCUT2D eigenvalue weighted by atomic mass is 19.1. The lowest BCUT2D eigenvalue weighted by molar-refractivity contribution is -0.122. The SMILES string of the molecule is Cc1cnn(C2CCCN(CC(=O)NCc3ccc(C)c(F)c3)C2)c1. The van der Waals surface area contributed by atoms with Gasteiger partial charge in [-0.15, -0.1) is 0 Å². The molecule has 1 aromatic carbocycles. The van der Waals surface area contributed by atoms with Gasteiger partial charge in [-0.2, -0.15) is 5.10 Å². The summed E-state index contributed by atoms with van der Waals surface area (Å²) in [5.41, 5.74) is 2.54. The van der Waals surface area contributed by atoms with Crippen LogP contribution in [0.1, 0.15) is 35.6 Å². The number of hydrogen-bond acceptors (Lipinski definition) is 3. The number of hydrogen-bond donors (Lipinski definition) is 1. The number of likely N-dealkylation sites (tertiary alicyclic amines) is 1. The van der Waals surface area contributed by atoms with Gasteiger partial charge < -0.3 is 5.32 Å². The first-order valence-electron chi connectivity index (χ1n) is 8.76. The van der Waals surface area contributed by atoms with Crippen molar-refractivity contribution in [2.75, 3.05) is 19.6 Å². The number of halogens is 1. The molecule has 134 valence electrons. The van der Waals surface area contributed by atoms with Gasteiger partial charge in [0.15, 0.2) is 0 Å². The lowest BCUT2D eigenvalue weighted by Crippen LogP contribution is -2.43. The zero-order valence-corrected chi connectivity index (χ0v) is 14.8. The van der Waals surface area contributed by atoms with E-state index >= 15 is 0 Å². The topological polar surface area (TPSA) is 50.2 Å². The predicted octanol–water partition coefficient (Wildman–Crippen LogP) is 2.59. The van der Waals surface area contributed by atoms with Gasteiger partial charge in [0.2, 0.25) is 5.91 Å². The Balaban J connectivity index is 1.49. The number of carbonyl (C=O) groups excluding carboxylic acids is 1. The number of rotatable bonds is 5. The second-order valence-electron chi connectivity index (χ2n) is 6.89. The third kappa shape index (κ3) is 4.66. The van der Waals surface area contributed by atoms with E-state index in [1.165, 1.54) is 6.07 Å². The summed E-state index contributed by atoms with van der Waals surface area (Å²) in [6, 6.07) is 5.38. The fraction of sp³-hybridized carbons (Fsp3) is 0.474. The molecule has 25 heavy (non-hydrogen) atoms. The molecule has 1 amide bonds. The van der Waals surface area contributed by atoms with E-state index in [1.54, 1.807) is 13.0 Å². The summed E-state index contributed by atoms with van der Waals surface area (Å²) in [6.45, 7) is 6.23. The first-order valence-corrected chi connectivity index (χ1v) is 8.76. The summed E-state index contributed by atoms with van der Waals surface area (Å²) in [6.07, 6.45) is 6.06. The number of aromatic nitrogens is 2. The second kappa shape index (κ2) is 7.78. The van der Waals surface area contributed by atoms with Crippen molar-refractivity contribution in [2.24, 2.45) is 0 Å². The van der Waals surface area contributed by atoms with E-state index in [0.29, 0.717) is 24.7 Å². The van der Waals surface area contributed by atoms with Gasteiger partial charge in [-0.1, -0.05) is 12.1 Å². The minimum absolute atomic E-state index is 0.0294. The molecule has 1 fully saturated rings. The van der Waals surface area contributed by atoms with Crippen LogP contribution in [0.15, 0.2) is 30.6 Å². The Kier molecular flexibility index (Phi) is 5.48. The third-order valence-electron chi connectivity index (χ3n) is 4.68. The van der Waals surface area contributed by atoms with Crippen LogP contribution in [0.25, 0.3) is 0 Å². The molecule has 0 bridgehead atoms. The number of piperidine rings is 1. The maximum atomic E-state index is 13.6. The molecule has 1 N–H and O–H groups in total. The van der Waals surface area contributed by atoms with Crippen molar-refractivity contribution in [3.63, 3.8) is 0 Å². The average Bonchev–Trinajstić information content (AvgIpc) is 3.03. The van der Waals surface area contributed by atoms with Gasteiger partial charge in [0, 0.05) is 19.3 Å². The van der Waals surface area contributed by atoms with Crippen molar-refractivity contribution < 1.29 is 9.18 Å². The predicted molar refractivity (Wildman–Crippen MR) is 94.7 cm³/mol. The molecule has 1 aliphatic heterocycles. The molecular weight excluding hydrogens is 319 g/mol. The van der Waals surface area contributed by atoms with Crippen molar-refractivity contribution >= 4 is 5.91 Å². The van der Waals surface area contributed by atoms with Crippen molar-refractivity contribution in [3.05, 3.63) is 53.1 Å². The molecule has 1 aliphatic rings. The first kappa shape index (κ1) is 17.6. The van der Waals surface area contributed by atoms with Gasteiger partial charge in [-0.3, -0.25) is 14.4 Å². The third-order valence-corrected chi connectivity index (χ3v) is 4.68. The highest BCUT2D eigenvalue weighted by Crippen LogP contribution is 2.20. The van der Waals surface area contributed by atoms with Gasteiger partial charge in [-0.05, 0) is 56.0 Å². The standard InChI is InChI=1S/C19H25FN4O/c1-14-9-22-24(11-14)17-4-3-7-23(12-17)13-19(25)21-10-16-6-5-15(2)18(20)8-16/h5-6,8-9,11,17H,3-4,7,10,12-13H2,1-2H3,(H,21,25). The summed E-state index contributed by atoms with van der Waals surface area (Å²) in [7, 11) is 0. The molecule has 1 aromatic heterocycles. The Labute approximate surface area is 147 Å². The van der Waals surface area contributed by atoms with Crippen molar-refractivity contribution in [3.8, 4) is 0 Å². The van der Waals surface area contributed by atoms with E-state index in [4.69, 9.17) is 0 Å². The van der Waals surface area contributed by atoms with E-state index in [0.717, 1.165) is 37.1 Å². The van der Waals surface area contributed by atoms with Gasteiger partial charge in [0.1, 0.15) is 5.82 Å². The smallest absolute Gasteiger partial charge is 0.234 e. The summed E-state index contributed by atoms with van der Waals surface area (Å²) in [5.74, 6) is -0.265. The molecule has 0 radical (unpaired) electrons. The minimum Gasteiger partial charge on any atom is -0.351 e. The summed E-state index contributed by atoms with van der Waals surface area (Å²) < 4.78 is 15.6. The molecule has 1 unspecified atom stereocenters.